The Morgan fingerprint density at radius 1 is 1.38 bits per heavy atom. The van der Waals surface area contributed by atoms with Gasteiger partial charge in [0, 0.05) is 37.4 Å². The number of hydrogen-bond donors (Lipinski definition) is 2. The fraction of sp³-hybridized carbons (Fsp3) is 0.667. The molecule has 1 aromatic rings. The third-order valence-corrected chi connectivity index (χ3v) is 4.49. The number of nitrogens with one attached hydrogen (secondary N) is 1. The molecule has 1 aromatic heterocycles. The van der Waals surface area contributed by atoms with E-state index in [1.165, 1.54) is 38.8 Å². The molecule has 0 aromatic carbocycles. The highest BCUT2D eigenvalue weighted by Crippen LogP contribution is 2.16. The number of nitrogens with two attached hydrogens (primary N) is 1. The number of likely N-dealkylation sites (tertiary alicyclic amines) is 1. The lowest BCUT2D eigenvalue weighted by atomic mass is 10.0. The largest absolute Gasteiger partial charge is 0.370 e. The minimum absolute atomic E-state index is 0. The number of hydrogen-bond acceptors (Lipinski definition) is 3. The summed E-state index contributed by atoms with van der Waals surface area (Å²) < 4.78 is 0. The highest BCUT2D eigenvalue weighted by Gasteiger charge is 2.16. The van der Waals surface area contributed by atoms with Crippen LogP contribution in [0.5, 0.6) is 0 Å². The number of rotatable bonds is 8. The molecule has 1 aliphatic rings. The molecule has 1 fully saturated rings. The number of pyridine rings is 1. The van der Waals surface area contributed by atoms with Crippen molar-refractivity contribution in [2.75, 3.05) is 26.2 Å². The predicted molar refractivity (Wildman–Crippen MR) is 112 cm³/mol. The molecule has 1 saturated heterocycles. The number of nitrogens with zero attached hydrogens (tertiary/aromatic N) is 3. The van der Waals surface area contributed by atoms with Gasteiger partial charge in [-0.15, -0.1) is 24.0 Å². The van der Waals surface area contributed by atoms with Crippen LogP contribution < -0.4 is 11.1 Å². The normalized spacial score (nSPS) is 18.9. The number of unbranched alkanes of at least 4 members (excludes halogenated alkanes) is 1. The summed E-state index contributed by atoms with van der Waals surface area (Å²) in [7, 11) is 0. The van der Waals surface area contributed by atoms with E-state index in [0.717, 1.165) is 37.7 Å². The highest BCUT2D eigenvalue weighted by molar-refractivity contribution is 14.0. The molecule has 136 valence electrons. The lowest BCUT2D eigenvalue weighted by molar-refractivity contribution is 0.158. The molecule has 24 heavy (non-hydrogen) atoms. The quantitative estimate of drug-likeness (QED) is 0.280. The third kappa shape index (κ3) is 8.28. The summed E-state index contributed by atoms with van der Waals surface area (Å²) in [5.41, 5.74) is 6.97. The first kappa shape index (κ1) is 21.2. The van der Waals surface area contributed by atoms with E-state index < -0.39 is 0 Å². The second-order valence-electron chi connectivity index (χ2n) is 6.35. The number of piperidine rings is 1. The van der Waals surface area contributed by atoms with Crippen molar-refractivity contribution in [3.8, 4) is 0 Å². The fourth-order valence-corrected chi connectivity index (χ4v) is 3.04. The van der Waals surface area contributed by atoms with Crippen LogP contribution in [0, 0.1) is 0 Å². The Bertz CT molecular complexity index is 466. The van der Waals surface area contributed by atoms with Crippen LogP contribution in [0.3, 0.4) is 0 Å². The summed E-state index contributed by atoms with van der Waals surface area (Å²) in [6.45, 7) is 6.40. The first-order valence-electron chi connectivity index (χ1n) is 8.93. The van der Waals surface area contributed by atoms with Crippen LogP contribution in [0.1, 0.15) is 44.7 Å². The minimum atomic E-state index is 0. The van der Waals surface area contributed by atoms with Gasteiger partial charge >= 0.3 is 0 Å². The molecule has 5 nitrogen and oxygen atoms in total. The molecule has 0 radical (unpaired) electrons. The monoisotopic (exact) mass is 445 g/mol. The van der Waals surface area contributed by atoms with E-state index >= 15 is 0 Å². The molecule has 1 unspecified atom stereocenters. The predicted octanol–water partition coefficient (Wildman–Crippen LogP) is 2.80. The maximum absolute atomic E-state index is 5.89. The highest BCUT2D eigenvalue weighted by atomic mass is 127. The molecule has 2 rings (SSSR count). The van der Waals surface area contributed by atoms with E-state index in [0.29, 0.717) is 5.96 Å². The van der Waals surface area contributed by atoms with E-state index in [4.69, 9.17) is 5.73 Å². The van der Waals surface area contributed by atoms with Crippen molar-refractivity contribution in [2.45, 2.75) is 51.5 Å². The molecule has 1 aliphatic heterocycles. The van der Waals surface area contributed by atoms with Crippen LogP contribution in [0.4, 0.5) is 0 Å². The molecular weight excluding hydrogens is 413 g/mol. The van der Waals surface area contributed by atoms with Gasteiger partial charge in [-0.1, -0.05) is 12.5 Å². The molecule has 0 amide bonds. The number of aliphatic imine (C=N–C) groups is 1. The average Bonchev–Trinajstić information content (AvgIpc) is 2.57. The van der Waals surface area contributed by atoms with Gasteiger partial charge in [0.2, 0.25) is 0 Å². The Balaban J connectivity index is 0.00000288. The van der Waals surface area contributed by atoms with E-state index in [-0.39, 0.29) is 24.0 Å². The topological polar surface area (TPSA) is 66.5 Å². The summed E-state index contributed by atoms with van der Waals surface area (Å²) in [6.07, 6.45) is 9.09. The van der Waals surface area contributed by atoms with Gasteiger partial charge in [-0.2, -0.15) is 0 Å². The van der Waals surface area contributed by atoms with Crippen LogP contribution in [-0.2, 0) is 6.42 Å². The number of aromatic nitrogens is 1. The molecular formula is C18H32IN5. The van der Waals surface area contributed by atoms with Crippen molar-refractivity contribution in [3.63, 3.8) is 0 Å². The van der Waals surface area contributed by atoms with Gasteiger partial charge in [-0.25, -0.2) is 0 Å². The summed E-state index contributed by atoms with van der Waals surface area (Å²) in [6, 6.07) is 6.71. The van der Waals surface area contributed by atoms with Gasteiger partial charge < -0.3 is 16.0 Å². The summed E-state index contributed by atoms with van der Waals surface area (Å²) >= 11 is 0. The van der Waals surface area contributed by atoms with Crippen molar-refractivity contribution >= 4 is 29.9 Å². The Morgan fingerprint density at radius 2 is 2.25 bits per heavy atom. The van der Waals surface area contributed by atoms with Crippen LogP contribution in [0.15, 0.2) is 29.4 Å². The summed E-state index contributed by atoms with van der Waals surface area (Å²) in [4.78, 5) is 11.3. The van der Waals surface area contributed by atoms with E-state index in [9.17, 15) is 0 Å². The van der Waals surface area contributed by atoms with E-state index in [2.05, 4.69) is 27.1 Å². The summed E-state index contributed by atoms with van der Waals surface area (Å²) in [5, 5.41) is 3.16. The zero-order valence-corrected chi connectivity index (χ0v) is 17.1. The standard InChI is InChI=1S/C18H31N5.HI/c1-16-8-3-6-14-23(16)15-7-5-12-21-18(19)22-13-10-17-9-2-4-11-20-17;/h2,4,9,11,16H,3,5-8,10,12-15H2,1H3,(H3,19,21,22);1H. The van der Waals surface area contributed by atoms with E-state index in [1.54, 1.807) is 0 Å². The molecule has 0 aliphatic carbocycles. The Kier molecular flexibility index (Phi) is 11.0. The first-order valence-corrected chi connectivity index (χ1v) is 8.93. The zero-order chi connectivity index (χ0) is 16.3. The molecule has 0 saturated carbocycles. The van der Waals surface area contributed by atoms with Gasteiger partial charge in [-0.3, -0.25) is 9.98 Å². The van der Waals surface area contributed by atoms with Gasteiger partial charge in [-0.05, 0) is 57.8 Å². The molecule has 0 bridgehead atoms. The first-order chi connectivity index (χ1) is 11.3. The maximum Gasteiger partial charge on any atom is 0.188 e. The van der Waals surface area contributed by atoms with Crippen LogP contribution in [0.2, 0.25) is 0 Å². The number of halogens is 1. The smallest absolute Gasteiger partial charge is 0.188 e. The maximum atomic E-state index is 5.89. The summed E-state index contributed by atoms with van der Waals surface area (Å²) in [5.74, 6) is 0.548. The molecule has 2 heterocycles. The molecule has 1 atom stereocenters. The van der Waals surface area contributed by atoms with Crippen molar-refractivity contribution in [3.05, 3.63) is 30.1 Å². The Hall–Kier alpha value is -0.890. The van der Waals surface area contributed by atoms with E-state index in [1.807, 2.05) is 24.4 Å². The van der Waals surface area contributed by atoms with Gasteiger partial charge in [0.1, 0.15) is 0 Å². The second-order valence-corrected chi connectivity index (χ2v) is 6.35. The van der Waals surface area contributed by atoms with Crippen molar-refractivity contribution < 1.29 is 0 Å². The lowest BCUT2D eigenvalue weighted by Crippen LogP contribution is -2.38. The van der Waals surface area contributed by atoms with Crippen molar-refractivity contribution in [2.24, 2.45) is 10.7 Å². The van der Waals surface area contributed by atoms with Crippen LogP contribution in [0.25, 0.3) is 0 Å². The van der Waals surface area contributed by atoms with Crippen LogP contribution >= 0.6 is 24.0 Å². The zero-order valence-electron chi connectivity index (χ0n) is 14.8. The lowest BCUT2D eigenvalue weighted by Gasteiger charge is -2.33. The Labute approximate surface area is 163 Å². The molecule has 6 heteroatoms. The van der Waals surface area contributed by atoms with Gasteiger partial charge in [0.25, 0.3) is 0 Å². The average molecular weight is 445 g/mol. The SMILES string of the molecule is CC1CCCCN1CCCCN=C(N)NCCc1ccccn1.I. The molecule has 3 N–H and O–H groups in total. The fourth-order valence-electron chi connectivity index (χ4n) is 3.04. The third-order valence-electron chi connectivity index (χ3n) is 4.49. The van der Waals surface area contributed by atoms with Crippen LogP contribution in [-0.4, -0.2) is 48.1 Å². The van der Waals surface area contributed by atoms with Gasteiger partial charge in [0.05, 0.1) is 0 Å². The minimum Gasteiger partial charge on any atom is -0.370 e. The molecule has 0 spiro atoms. The Morgan fingerprint density at radius 3 is 3.00 bits per heavy atom. The second kappa shape index (κ2) is 12.5. The van der Waals surface area contributed by atoms with Crippen molar-refractivity contribution in [1.29, 1.82) is 0 Å². The number of guanidine groups is 1. The van der Waals surface area contributed by atoms with Gasteiger partial charge in [0.15, 0.2) is 5.96 Å². The van der Waals surface area contributed by atoms with Crippen molar-refractivity contribution in [1.82, 2.24) is 15.2 Å².